The molecule has 0 saturated carbocycles. The van der Waals surface area contributed by atoms with Crippen molar-refractivity contribution in [2.45, 2.75) is 18.6 Å². The van der Waals surface area contributed by atoms with Crippen LogP contribution in [0, 0.1) is 5.92 Å². The van der Waals surface area contributed by atoms with Gasteiger partial charge in [-0.1, -0.05) is 18.2 Å². The van der Waals surface area contributed by atoms with Gasteiger partial charge >= 0.3 is 12.1 Å². The molecule has 0 aromatic heterocycles. The normalized spacial score (nSPS) is 23.7. The SMILES string of the molecule is O=C(O)C1Cc2ccccc2NC1C(F)(F)F. The maximum Gasteiger partial charge on any atom is 0.409 e. The predicted molar refractivity (Wildman–Crippen MR) is 54.7 cm³/mol. The summed E-state index contributed by atoms with van der Waals surface area (Å²) < 4.78 is 38.2. The molecule has 1 aromatic rings. The van der Waals surface area contributed by atoms with Crippen molar-refractivity contribution < 1.29 is 23.1 Å². The maximum atomic E-state index is 12.7. The Bertz CT molecular complexity index is 445. The number of nitrogens with one attached hydrogen (secondary N) is 1. The van der Waals surface area contributed by atoms with E-state index in [2.05, 4.69) is 5.32 Å². The van der Waals surface area contributed by atoms with Crippen LogP contribution in [-0.2, 0) is 11.2 Å². The van der Waals surface area contributed by atoms with Crippen LogP contribution in [0.1, 0.15) is 5.56 Å². The van der Waals surface area contributed by atoms with Crippen molar-refractivity contribution in [1.82, 2.24) is 0 Å². The highest BCUT2D eigenvalue weighted by Crippen LogP contribution is 2.36. The first kappa shape index (κ1) is 11.8. The van der Waals surface area contributed by atoms with Gasteiger partial charge in [-0.3, -0.25) is 4.79 Å². The standard InChI is InChI=1S/C11H10F3NO2/c12-11(13,14)9-7(10(16)17)5-6-3-1-2-4-8(6)15-9/h1-4,7,9,15H,5H2,(H,16,17). The summed E-state index contributed by atoms with van der Waals surface area (Å²) >= 11 is 0. The lowest BCUT2D eigenvalue weighted by molar-refractivity contribution is -0.169. The van der Waals surface area contributed by atoms with Crippen LogP contribution in [0.5, 0.6) is 0 Å². The number of fused-ring (bicyclic) bond motifs is 1. The van der Waals surface area contributed by atoms with Gasteiger partial charge in [-0.05, 0) is 18.1 Å². The molecule has 2 unspecified atom stereocenters. The fourth-order valence-electron chi connectivity index (χ4n) is 2.00. The first-order chi connectivity index (χ1) is 7.89. The fraction of sp³-hybridized carbons (Fsp3) is 0.364. The first-order valence-corrected chi connectivity index (χ1v) is 5.03. The zero-order chi connectivity index (χ0) is 12.6. The largest absolute Gasteiger partial charge is 0.481 e. The lowest BCUT2D eigenvalue weighted by Gasteiger charge is -2.33. The highest BCUT2D eigenvalue weighted by Gasteiger charge is 2.49. The van der Waals surface area contributed by atoms with Crippen molar-refractivity contribution in [3.8, 4) is 0 Å². The molecule has 0 saturated heterocycles. The fourth-order valence-corrected chi connectivity index (χ4v) is 2.00. The number of benzene rings is 1. The molecule has 0 fully saturated rings. The van der Waals surface area contributed by atoms with Crippen LogP contribution in [-0.4, -0.2) is 23.3 Å². The Morgan fingerprint density at radius 2 is 2.00 bits per heavy atom. The van der Waals surface area contributed by atoms with Gasteiger partial charge in [-0.25, -0.2) is 0 Å². The number of halogens is 3. The minimum atomic E-state index is -4.57. The molecule has 6 heteroatoms. The Morgan fingerprint density at radius 3 is 2.59 bits per heavy atom. The summed E-state index contributed by atoms with van der Waals surface area (Å²) in [5, 5.41) is 11.1. The molecule has 0 bridgehead atoms. The van der Waals surface area contributed by atoms with E-state index in [0.29, 0.717) is 11.3 Å². The van der Waals surface area contributed by atoms with Crippen molar-refractivity contribution in [3.05, 3.63) is 29.8 Å². The van der Waals surface area contributed by atoms with Gasteiger partial charge in [0.1, 0.15) is 6.04 Å². The molecule has 0 aliphatic carbocycles. The van der Waals surface area contributed by atoms with Crippen LogP contribution in [0.15, 0.2) is 24.3 Å². The third kappa shape index (κ3) is 2.20. The van der Waals surface area contributed by atoms with Gasteiger partial charge in [0.05, 0.1) is 5.92 Å². The number of hydrogen-bond acceptors (Lipinski definition) is 2. The van der Waals surface area contributed by atoms with Crippen molar-refractivity contribution in [1.29, 1.82) is 0 Å². The number of carboxylic acid groups (broad SMARTS) is 1. The van der Waals surface area contributed by atoms with E-state index in [1.54, 1.807) is 18.2 Å². The summed E-state index contributed by atoms with van der Waals surface area (Å²) in [6.07, 6.45) is -4.68. The molecule has 0 amide bonds. The van der Waals surface area contributed by atoms with Crippen LogP contribution < -0.4 is 5.32 Å². The topological polar surface area (TPSA) is 49.3 Å². The van der Waals surface area contributed by atoms with Gasteiger partial charge < -0.3 is 10.4 Å². The zero-order valence-corrected chi connectivity index (χ0v) is 8.66. The van der Waals surface area contributed by atoms with E-state index in [1.807, 2.05) is 0 Å². The van der Waals surface area contributed by atoms with Gasteiger partial charge in [0.25, 0.3) is 0 Å². The molecule has 0 spiro atoms. The second-order valence-electron chi connectivity index (χ2n) is 3.97. The molecule has 1 aromatic carbocycles. The number of alkyl halides is 3. The highest BCUT2D eigenvalue weighted by molar-refractivity contribution is 5.74. The van der Waals surface area contributed by atoms with Gasteiger partial charge in [0.15, 0.2) is 0 Å². The number of anilines is 1. The smallest absolute Gasteiger partial charge is 0.409 e. The molecule has 1 aliphatic rings. The summed E-state index contributed by atoms with van der Waals surface area (Å²) in [7, 11) is 0. The van der Waals surface area contributed by atoms with E-state index in [4.69, 9.17) is 5.11 Å². The van der Waals surface area contributed by atoms with E-state index in [0.717, 1.165) is 0 Å². The maximum absolute atomic E-state index is 12.7. The van der Waals surface area contributed by atoms with Crippen LogP contribution in [0.2, 0.25) is 0 Å². The lowest BCUT2D eigenvalue weighted by Crippen LogP contribution is -2.49. The highest BCUT2D eigenvalue weighted by atomic mass is 19.4. The Hall–Kier alpha value is -1.72. The third-order valence-corrected chi connectivity index (χ3v) is 2.84. The second-order valence-corrected chi connectivity index (χ2v) is 3.97. The quantitative estimate of drug-likeness (QED) is 0.798. The molecular weight excluding hydrogens is 235 g/mol. The number of hydrogen-bond donors (Lipinski definition) is 2. The Labute approximate surface area is 95.3 Å². The molecule has 2 N–H and O–H groups in total. The number of rotatable bonds is 1. The predicted octanol–water partition coefficient (Wildman–Crippen LogP) is 2.29. The van der Waals surface area contributed by atoms with Crippen LogP contribution in [0.4, 0.5) is 18.9 Å². The number of para-hydroxylation sites is 1. The van der Waals surface area contributed by atoms with Crippen LogP contribution in [0.25, 0.3) is 0 Å². The summed E-state index contributed by atoms with van der Waals surface area (Å²) in [6, 6.07) is 4.40. The minimum Gasteiger partial charge on any atom is -0.481 e. The summed E-state index contributed by atoms with van der Waals surface area (Å²) in [5.41, 5.74) is 0.952. The van der Waals surface area contributed by atoms with Crippen molar-refractivity contribution in [2.75, 3.05) is 5.32 Å². The van der Waals surface area contributed by atoms with Gasteiger partial charge in [0.2, 0.25) is 0 Å². The monoisotopic (exact) mass is 245 g/mol. The molecular formula is C11H10F3NO2. The third-order valence-electron chi connectivity index (χ3n) is 2.84. The first-order valence-electron chi connectivity index (χ1n) is 5.03. The van der Waals surface area contributed by atoms with E-state index in [1.165, 1.54) is 6.07 Å². The summed E-state index contributed by atoms with van der Waals surface area (Å²) in [6.45, 7) is 0. The van der Waals surface area contributed by atoms with E-state index >= 15 is 0 Å². The van der Waals surface area contributed by atoms with Crippen molar-refractivity contribution >= 4 is 11.7 Å². The number of aliphatic carboxylic acids is 1. The summed E-state index contributed by atoms with van der Waals surface area (Å²) in [5.74, 6) is -2.92. The van der Waals surface area contributed by atoms with E-state index in [9.17, 15) is 18.0 Å². The number of carbonyl (C=O) groups is 1. The molecule has 92 valence electrons. The Balaban J connectivity index is 2.38. The van der Waals surface area contributed by atoms with Crippen molar-refractivity contribution in [3.63, 3.8) is 0 Å². The lowest BCUT2D eigenvalue weighted by atomic mass is 9.87. The van der Waals surface area contributed by atoms with Crippen LogP contribution >= 0.6 is 0 Å². The van der Waals surface area contributed by atoms with Crippen molar-refractivity contribution in [2.24, 2.45) is 5.92 Å². The average molecular weight is 245 g/mol. The molecule has 2 atom stereocenters. The zero-order valence-electron chi connectivity index (χ0n) is 8.66. The molecule has 3 nitrogen and oxygen atoms in total. The molecule has 1 heterocycles. The van der Waals surface area contributed by atoms with Gasteiger partial charge in [-0.15, -0.1) is 0 Å². The Kier molecular flexibility index (Phi) is 2.73. The van der Waals surface area contributed by atoms with Gasteiger partial charge in [-0.2, -0.15) is 13.2 Å². The summed E-state index contributed by atoms with van der Waals surface area (Å²) in [4.78, 5) is 10.9. The second kappa shape index (κ2) is 3.94. The molecule has 0 radical (unpaired) electrons. The number of carboxylic acids is 1. The van der Waals surface area contributed by atoms with Crippen LogP contribution in [0.3, 0.4) is 0 Å². The minimum absolute atomic E-state index is 0.108. The molecule has 17 heavy (non-hydrogen) atoms. The molecule has 1 aliphatic heterocycles. The molecule has 2 rings (SSSR count). The van der Waals surface area contributed by atoms with E-state index < -0.39 is 24.1 Å². The Morgan fingerprint density at radius 1 is 1.35 bits per heavy atom. The average Bonchev–Trinajstić information content (AvgIpc) is 2.26. The van der Waals surface area contributed by atoms with Gasteiger partial charge in [0, 0.05) is 5.69 Å². The van der Waals surface area contributed by atoms with E-state index in [-0.39, 0.29) is 6.42 Å².